The molecule has 0 aromatic rings. The van der Waals surface area contributed by atoms with Gasteiger partial charge in [0, 0.05) is 33.2 Å². The van der Waals surface area contributed by atoms with Crippen LogP contribution in [-0.2, 0) is 14.8 Å². The van der Waals surface area contributed by atoms with Crippen LogP contribution in [0.4, 0.5) is 0 Å². The molecule has 0 aromatic heterocycles. The molecule has 1 amide bonds. The molecule has 2 unspecified atom stereocenters. The van der Waals surface area contributed by atoms with Crippen LogP contribution in [0.5, 0.6) is 0 Å². The molecule has 0 aromatic carbocycles. The van der Waals surface area contributed by atoms with Gasteiger partial charge >= 0.3 is 0 Å². The molecule has 6 nitrogen and oxygen atoms in total. The third-order valence-electron chi connectivity index (χ3n) is 2.78. The van der Waals surface area contributed by atoms with Gasteiger partial charge in [-0.25, -0.2) is 8.42 Å². The summed E-state index contributed by atoms with van der Waals surface area (Å²) < 4.78 is 25.4. The summed E-state index contributed by atoms with van der Waals surface area (Å²) in [6.45, 7) is 2.14. The Morgan fingerprint density at radius 1 is 1.50 bits per heavy atom. The molecular weight excluding hydrogens is 230 g/mol. The summed E-state index contributed by atoms with van der Waals surface area (Å²) in [7, 11) is -0.462. The van der Waals surface area contributed by atoms with Crippen LogP contribution in [0.25, 0.3) is 0 Å². The molecule has 1 fully saturated rings. The number of nitrogens with zero attached hydrogens (tertiary/aromatic N) is 2. The van der Waals surface area contributed by atoms with E-state index >= 15 is 0 Å². The average molecular weight is 249 g/mol. The molecule has 1 saturated heterocycles. The zero-order valence-electron chi connectivity index (χ0n) is 9.88. The first-order valence-electron chi connectivity index (χ1n) is 5.22. The predicted molar refractivity (Wildman–Crippen MR) is 61.2 cm³/mol. The van der Waals surface area contributed by atoms with E-state index in [1.54, 1.807) is 14.1 Å². The first kappa shape index (κ1) is 13.4. The van der Waals surface area contributed by atoms with Crippen LogP contribution in [-0.4, -0.2) is 62.0 Å². The van der Waals surface area contributed by atoms with Crippen LogP contribution in [0.1, 0.15) is 13.3 Å². The first-order valence-corrected chi connectivity index (χ1v) is 6.73. The summed E-state index contributed by atoms with van der Waals surface area (Å²) >= 11 is 0. The van der Waals surface area contributed by atoms with Crippen molar-refractivity contribution in [1.82, 2.24) is 9.21 Å². The second kappa shape index (κ2) is 4.68. The van der Waals surface area contributed by atoms with Gasteiger partial charge in [-0.1, -0.05) is 0 Å². The highest BCUT2D eigenvalue weighted by Gasteiger charge is 2.37. The van der Waals surface area contributed by atoms with Gasteiger partial charge in [0.25, 0.3) is 0 Å². The van der Waals surface area contributed by atoms with Crippen molar-refractivity contribution in [2.45, 2.75) is 24.6 Å². The van der Waals surface area contributed by atoms with Crippen molar-refractivity contribution in [2.24, 2.45) is 5.73 Å². The minimum absolute atomic E-state index is 0.114. The summed E-state index contributed by atoms with van der Waals surface area (Å²) in [6, 6.07) is -0.114. The van der Waals surface area contributed by atoms with Crippen molar-refractivity contribution in [2.75, 3.05) is 27.2 Å². The maximum atomic E-state index is 12.0. The van der Waals surface area contributed by atoms with Gasteiger partial charge in [-0.05, 0) is 13.3 Å². The molecule has 0 aliphatic carbocycles. The van der Waals surface area contributed by atoms with E-state index in [0.29, 0.717) is 19.5 Å². The van der Waals surface area contributed by atoms with E-state index in [9.17, 15) is 13.2 Å². The highest BCUT2D eigenvalue weighted by atomic mass is 32.2. The molecule has 1 aliphatic rings. The first-order chi connectivity index (χ1) is 7.26. The van der Waals surface area contributed by atoms with Gasteiger partial charge < -0.3 is 10.6 Å². The minimum Gasteiger partial charge on any atom is -0.348 e. The molecule has 1 aliphatic heterocycles. The third-order valence-corrected chi connectivity index (χ3v) is 4.93. The number of rotatable bonds is 3. The fraction of sp³-hybridized carbons (Fsp3) is 0.889. The lowest BCUT2D eigenvalue weighted by atomic mass is 10.3. The molecule has 2 N–H and O–H groups in total. The summed E-state index contributed by atoms with van der Waals surface area (Å²) in [6.07, 6.45) is 0.655. The van der Waals surface area contributed by atoms with Crippen LogP contribution in [0.2, 0.25) is 0 Å². The van der Waals surface area contributed by atoms with Crippen LogP contribution >= 0.6 is 0 Å². The maximum Gasteiger partial charge on any atom is 0.241 e. The molecule has 94 valence electrons. The third kappa shape index (κ3) is 2.53. The van der Waals surface area contributed by atoms with Crippen molar-refractivity contribution in [1.29, 1.82) is 0 Å². The SMILES string of the molecule is CC(C(=O)N(C)C)S(=O)(=O)N1CCC(N)C1. The van der Waals surface area contributed by atoms with E-state index in [2.05, 4.69) is 0 Å². The van der Waals surface area contributed by atoms with Gasteiger partial charge in [-0.2, -0.15) is 4.31 Å². The normalized spacial score (nSPS) is 24.4. The molecule has 1 heterocycles. The molecule has 7 heteroatoms. The molecule has 16 heavy (non-hydrogen) atoms. The topological polar surface area (TPSA) is 83.7 Å². The van der Waals surface area contributed by atoms with Crippen molar-refractivity contribution in [3.8, 4) is 0 Å². The summed E-state index contributed by atoms with van der Waals surface area (Å²) in [5.74, 6) is -0.402. The van der Waals surface area contributed by atoms with E-state index in [-0.39, 0.29) is 6.04 Å². The largest absolute Gasteiger partial charge is 0.348 e. The summed E-state index contributed by atoms with van der Waals surface area (Å²) in [5, 5.41) is -1.03. The molecule has 1 rings (SSSR count). The molecular formula is C9H19N3O3S. The van der Waals surface area contributed by atoms with E-state index in [4.69, 9.17) is 5.73 Å². The lowest BCUT2D eigenvalue weighted by Gasteiger charge is -2.22. The van der Waals surface area contributed by atoms with Crippen LogP contribution < -0.4 is 5.73 Å². The van der Waals surface area contributed by atoms with Gasteiger partial charge in [-0.15, -0.1) is 0 Å². The fourth-order valence-corrected chi connectivity index (χ4v) is 3.37. The van der Waals surface area contributed by atoms with Crippen LogP contribution in [0.3, 0.4) is 0 Å². The Labute approximate surface area is 96.4 Å². The average Bonchev–Trinajstić information content (AvgIpc) is 2.62. The summed E-state index contributed by atoms with van der Waals surface area (Å²) in [4.78, 5) is 12.9. The van der Waals surface area contributed by atoms with Gasteiger partial charge in [0.2, 0.25) is 15.9 Å². The highest BCUT2D eigenvalue weighted by Crippen LogP contribution is 2.17. The Kier molecular flexibility index (Phi) is 3.92. The molecule has 0 spiro atoms. The van der Waals surface area contributed by atoms with Gasteiger partial charge in [0.05, 0.1) is 0 Å². The number of hydrogen-bond acceptors (Lipinski definition) is 4. The molecule has 0 radical (unpaired) electrons. The minimum atomic E-state index is -3.55. The Balaban J connectivity index is 2.82. The second-order valence-corrected chi connectivity index (χ2v) is 6.58. The van der Waals surface area contributed by atoms with Gasteiger partial charge in [0.1, 0.15) is 0 Å². The molecule has 2 atom stereocenters. The van der Waals surface area contributed by atoms with E-state index in [1.165, 1.54) is 16.1 Å². The standard InChI is InChI=1S/C9H19N3O3S/c1-7(9(13)11(2)3)16(14,15)12-5-4-8(10)6-12/h7-8H,4-6,10H2,1-3H3. The van der Waals surface area contributed by atoms with Crippen molar-refractivity contribution < 1.29 is 13.2 Å². The van der Waals surface area contributed by atoms with Crippen LogP contribution in [0.15, 0.2) is 0 Å². The lowest BCUT2D eigenvalue weighted by Crippen LogP contribution is -2.45. The Bertz CT molecular complexity index is 366. The van der Waals surface area contributed by atoms with Crippen LogP contribution in [0, 0.1) is 0 Å². The van der Waals surface area contributed by atoms with Crippen molar-refractivity contribution in [3.05, 3.63) is 0 Å². The van der Waals surface area contributed by atoms with Gasteiger partial charge in [0.15, 0.2) is 5.25 Å². The monoisotopic (exact) mass is 249 g/mol. The Morgan fingerprint density at radius 3 is 2.44 bits per heavy atom. The predicted octanol–water partition coefficient (Wildman–Crippen LogP) is -1.17. The quantitative estimate of drug-likeness (QED) is 0.683. The number of hydrogen-bond donors (Lipinski definition) is 1. The van der Waals surface area contributed by atoms with Gasteiger partial charge in [-0.3, -0.25) is 4.79 Å². The van der Waals surface area contributed by atoms with E-state index < -0.39 is 21.2 Å². The summed E-state index contributed by atoms with van der Waals surface area (Å²) in [5.41, 5.74) is 5.66. The number of sulfonamides is 1. The lowest BCUT2D eigenvalue weighted by molar-refractivity contribution is -0.128. The Morgan fingerprint density at radius 2 is 2.06 bits per heavy atom. The molecule has 0 bridgehead atoms. The fourth-order valence-electron chi connectivity index (χ4n) is 1.70. The van der Waals surface area contributed by atoms with Crippen molar-refractivity contribution >= 4 is 15.9 Å². The maximum absolute atomic E-state index is 12.0. The van der Waals surface area contributed by atoms with E-state index in [1.807, 2.05) is 0 Å². The number of amides is 1. The number of nitrogens with two attached hydrogens (primary N) is 1. The number of carbonyl (C=O) groups excluding carboxylic acids is 1. The highest BCUT2D eigenvalue weighted by molar-refractivity contribution is 7.90. The number of carbonyl (C=O) groups is 1. The Hall–Kier alpha value is -0.660. The smallest absolute Gasteiger partial charge is 0.241 e. The van der Waals surface area contributed by atoms with Crippen molar-refractivity contribution in [3.63, 3.8) is 0 Å². The zero-order chi connectivity index (χ0) is 12.5. The zero-order valence-corrected chi connectivity index (χ0v) is 10.7. The molecule has 0 saturated carbocycles. The van der Waals surface area contributed by atoms with E-state index in [0.717, 1.165) is 0 Å². The second-order valence-electron chi connectivity index (χ2n) is 4.33.